The number of halogens is 1. The highest BCUT2D eigenvalue weighted by molar-refractivity contribution is 6.30. The number of aromatic amines is 1. The Kier molecular flexibility index (Phi) is 4.32. The van der Waals surface area contributed by atoms with Crippen LogP contribution in [-0.4, -0.2) is 32.5 Å². The number of ether oxygens (including phenoxy) is 1. The Morgan fingerprint density at radius 3 is 2.61 bits per heavy atom. The first-order valence-electron chi connectivity index (χ1n) is 8.21. The fourth-order valence-electron chi connectivity index (χ4n) is 2.88. The van der Waals surface area contributed by atoms with E-state index in [1.54, 1.807) is 55.6 Å². The van der Waals surface area contributed by atoms with Crippen LogP contribution in [0.5, 0.6) is 5.75 Å². The van der Waals surface area contributed by atoms with Crippen LogP contribution < -0.4 is 16.2 Å². The molecule has 0 aliphatic carbocycles. The second kappa shape index (κ2) is 6.82. The second-order valence-electron chi connectivity index (χ2n) is 5.93. The minimum absolute atomic E-state index is 0.0763. The topological polar surface area (TPSA) is 116 Å². The van der Waals surface area contributed by atoms with Crippen molar-refractivity contribution in [1.29, 1.82) is 0 Å². The number of imidazole rings is 1. The number of H-pyrrole nitrogens is 1. The Hall–Kier alpha value is -3.65. The Morgan fingerprint density at radius 1 is 1.18 bits per heavy atom. The highest BCUT2D eigenvalue weighted by atomic mass is 35.5. The van der Waals surface area contributed by atoms with Crippen LogP contribution >= 0.6 is 11.6 Å². The predicted octanol–water partition coefficient (Wildman–Crippen LogP) is 2.54. The van der Waals surface area contributed by atoms with Gasteiger partial charge in [-0.1, -0.05) is 23.7 Å². The zero-order valence-electron chi connectivity index (χ0n) is 14.6. The van der Waals surface area contributed by atoms with Gasteiger partial charge in [0.15, 0.2) is 17.2 Å². The summed E-state index contributed by atoms with van der Waals surface area (Å²) in [6.45, 7) is 0. The van der Waals surface area contributed by atoms with Crippen LogP contribution in [0.25, 0.3) is 28.2 Å². The van der Waals surface area contributed by atoms with Gasteiger partial charge in [0.25, 0.3) is 5.91 Å². The molecule has 4 rings (SSSR count). The van der Waals surface area contributed by atoms with Gasteiger partial charge in [0.2, 0.25) is 0 Å². The van der Waals surface area contributed by atoms with E-state index in [9.17, 15) is 9.59 Å². The van der Waals surface area contributed by atoms with E-state index in [1.165, 1.54) is 4.57 Å². The van der Waals surface area contributed by atoms with E-state index in [1.807, 2.05) is 0 Å². The van der Waals surface area contributed by atoms with Crippen molar-refractivity contribution in [2.24, 2.45) is 5.73 Å². The number of hydrogen-bond donors (Lipinski definition) is 2. The van der Waals surface area contributed by atoms with Gasteiger partial charge >= 0.3 is 5.69 Å². The summed E-state index contributed by atoms with van der Waals surface area (Å²) in [5.41, 5.74) is 6.49. The molecule has 4 aromatic rings. The van der Waals surface area contributed by atoms with Crippen molar-refractivity contribution in [2.75, 3.05) is 7.11 Å². The molecule has 2 aromatic carbocycles. The Morgan fingerprint density at radius 2 is 1.93 bits per heavy atom. The zero-order chi connectivity index (χ0) is 19.8. The third kappa shape index (κ3) is 2.99. The number of nitrogens with zero attached hydrogens (tertiary/aromatic N) is 3. The monoisotopic (exact) mass is 395 g/mol. The highest BCUT2D eigenvalue weighted by Crippen LogP contribution is 2.25. The quantitative estimate of drug-likeness (QED) is 0.550. The lowest BCUT2D eigenvalue weighted by Crippen LogP contribution is -2.15. The molecule has 0 aliphatic rings. The minimum Gasteiger partial charge on any atom is -0.497 e. The van der Waals surface area contributed by atoms with Crippen LogP contribution in [0.2, 0.25) is 5.02 Å². The van der Waals surface area contributed by atoms with Crippen molar-refractivity contribution in [3.8, 4) is 22.8 Å². The molecule has 0 aliphatic heterocycles. The first-order valence-corrected chi connectivity index (χ1v) is 8.58. The lowest BCUT2D eigenvalue weighted by Gasteiger charge is -2.07. The maximum Gasteiger partial charge on any atom is 0.332 e. The van der Waals surface area contributed by atoms with Gasteiger partial charge in [-0.2, -0.15) is 0 Å². The Balaban J connectivity index is 2.03. The number of carbonyl (C=O) groups is 1. The minimum atomic E-state index is -0.777. The average Bonchev–Trinajstić information content (AvgIpc) is 3.03. The number of fused-ring (bicyclic) bond motifs is 1. The summed E-state index contributed by atoms with van der Waals surface area (Å²) in [7, 11) is 1.54. The largest absolute Gasteiger partial charge is 0.497 e. The van der Waals surface area contributed by atoms with Gasteiger partial charge in [-0.3, -0.25) is 4.79 Å². The summed E-state index contributed by atoms with van der Waals surface area (Å²) in [6.07, 6.45) is 0. The Bertz CT molecular complexity index is 1260. The molecular weight excluding hydrogens is 382 g/mol. The standard InChI is InChI=1S/C19H14ClN5O3/c1-28-13-4-2-3-10(9-13)17-22-14(16(21)26)15-18(24-17)25(19(27)23-15)12-7-5-11(20)6-8-12/h2-9H,1H3,(H2,21,26)(H,23,27). The van der Waals surface area contributed by atoms with Crippen LogP contribution in [0.15, 0.2) is 53.3 Å². The van der Waals surface area contributed by atoms with Gasteiger partial charge in [-0.05, 0) is 36.4 Å². The number of nitrogens with two attached hydrogens (primary N) is 1. The number of benzene rings is 2. The lowest BCUT2D eigenvalue weighted by molar-refractivity contribution is 0.0997. The number of primary amides is 1. The maximum absolute atomic E-state index is 12.6. The van der Waals surface area contributed by atoms with E-state index in [0.717, 1.165) is 0 Å². The number of rotatable bonds is 4. The van der Waals surface area contributed by atoms with Gasteiger partial charge in [-0.25, -0.2) is 19.3 Å². The summed E-state index contributed by atoms with van der Waals surface area (Å²) >= 11 is 5.94. The number of carbonyl (C=O) groups excluding carboxylic acids is 1. The van der Waals surface area contributed by atoms with Gasteiger partial charge in [0, 0.05) is 10.6 Å². The molecule has 3 N–H and O–H groups in total. The normalized spacial score (nSPS) is 10.9. The molecule has 2 aromatic heterocycles. The number of amides is 1. The SMILES string of the molecule is COc1cccc(-c2nc(C(N)=O)c3[nH]c(=O)n(-c4ccc(Cl)cc4)c3n2)c1. The van der Waals surface area contributed by atoms with E-state index in [0.29, 0.717) is 22.0 Å². The zero-order valence-corrected chi connectivity index (χ0v) is 15.4. The third-order valence-corrected chi connectivity index (χ3v) is 4.43. The van der Waals surface area contributed by atoms with E-state index in [4.69, 9.17) is 22.1 Å². The molecule has 0 radical (unpaired) electrons. The van der Waals surface area contributed by atoms with E-state index >= 15 is 0 Å². The molecule has 9 heteroatoms. The Labute approximate surface area is 163 Å². The van der Waals surface area contributed by atoms with Crippen LogP contribution in [0.3, 0.4) is 0 Å². The molecular formula is C19H14ClN5O3. The van der Waals surface area contributed by atoms with Gasteiger partial charge in [-0.15, -0.1) is 0 Å². The first kappa shape index (κ1) is 17.7. The molecule has 140 valence electrons. The van der Waals surface area contributed by atoms with Gasteiger partial charge in [0.05, 0.1) is 12.8 Å². The summed E-state index contributed by atoms with van der Waals surface area (Å²) in [5, 5.41) is 0.529. The average molecular weight is 396 g/mol. The van der Waals surface area contributed by atoms with E-state index in [-0.39, 0.29) is 22.7 Å². The maximum atomic E-state index is 12.6. The van der Waals surface area contributed by atoms with Gasteiger partial charge in [0.1, 0.15) is 11.3 Å². The molecule has 0 fully saturated rings. The molecule has 8 nitrogen and oxygen atoms in total. The van der Waals surface area contributed by atoms with Crippen LogP contribution in [0, 0.1) is 0 Å². The molecule has 28 heavy (non-hydrogen) atoms. The van der Waals surface area contributed by atoms with Crippen molar-refractivity contribution in [1.82, 2.24) is 19.5 Å². The van der Waals surface area contributed by atoms with Crippen molar-refractivity contribution in [2.45, 2.75) is 0 Å². The molecule has 0 saturated carbocycles. The van der Waals surface area contributed by atoms with Crippen LogP contribution in [0.1, 0.15) is 10.5 Å². The van der Waals surface area contributed by atoms with E-state index < -0.39 is 11.6 Å². The van der Waals surface area contributed by atoms with Crippen molar-refractivity contribution >= 4 is 28.7 Å². The first-order chi connectivity index (χ1) is 13.5. The molecule has 2 heterocycles. The molecule has 0 atom stereocenters. The summed E-state index contributed by atoms with van der Waals surface area (Å²) in [5.74, 6) is 0.0638. The fraction of sp³-hybridized carbons (Fsp3) is 0.0526. The van der Waals surface area contributed by atoms with E-state index in [2.05, 4.69) is 15.0 Å². The summed E-state index contributed by atoms with van der Waals surface area (Å²) < 4.78 is 6.57. The van der Waals surface area contributed by atoms with Crippen molar-refractivity contribution in [3.63, 3.8) is 0 Å². The number of hydrogen-bond acceptors (Lipinski definition) is 5. The third-order valence-electron chi connectivity index (χ3n) is 4.18. The molecule has 0 spiro atoms. The lowest BCUT2D eigenvalue weighted by atomic mass is 10.2. The van der Waals surface area contributed by atoms with Crippen LogP contribution in [0.4, 0.5) is 0 Å². The van der Waals surface area contributed by atoms with Crippen molar-refractivity contribution in [3.05, 3.63) is 69.7 Å². The smallest absolute Gasteiger partial charge is 0.332 e. The van der Waals surface area contributed by atoms with Crippen LogP contribution in [-0.2, 0) is 0 Å². The number of aromatic nitrogens is 4. The summed E-state index contributed by atoms with van der Waals surface area (Å²) in [6, 6.07) is 13.7. The highest BCUT2D eigenvalue weighted by Gasteiger charge is 2.20. The van der Waals surface area contributed by atoms with Crippen molar-refractivity contribution < 1.29 is 9.53 Å². The molecule has 1 amide bonds. The van der Waals surface area contributed by atoms with Gasteiger partial charge < -0.3 is 15.5 Å². The predicted molar refractivity (Wildman–Crippen MR) is 105 cm³/mol. The number of nitrogens with one attached hydrogen (secondary N) is 1. The number of methoxy groups -OCH3 is 1. The molecule has 0 unspecified atom stereocenters. The fourth-order valence-corrected chi connectivity index (χ4v) is 3.01. The molecule has 0 bridgehead atoms. The molecule has 0 saturated heterocycles. The second-order valence-corrected chi connectivity index (χ2v) is 6.37. The summed E-state index contributed by atoms with van der Waals surface area (Å²) in [4.78, 5) is 35.9.